The molecule has 134 valence electrons. The Morgan fingerprint density at radius 3 is 2.42 bits per heavy atom. The Bertz CT molecular complexity index is 711. The molecule has 0 bridgehead atoms. The lowest BCUT2D eigenvalue weighted by Crippen LogP contribution is -2.49. The van der Waals surface area contributed by atoms with Gasteiger partial charge < -0.3 is 15.0 Å². The van der Waals surface area contributed by atoms with Crippen LogP contribution in [-0.4, -0.2) is 49.9 Å². The molecule has 0 spiro atoms. The van der Waals surface area contributed by atoms with Crippen molar-refractivity contribution in [2.75, 3.05) is 18.4 Å². The summed E-state index contributed by atoms with van der Waals surface area (Å²) >= 11 is 6.11. The summed E-state index contributed by atoms with van der Waals surface area (Å²) in [6.45, 7) is 7.84. The molecule has 0 aromatic heterocycles. The Morgan fingerprint density at radius 1 is 1.29 bits per heavy atom. The molecule has 2 amide bonds. The third-order valence-corrected chi connectivity index (χ3v) is 6.50. The first kappa shape index (κ1) is 19.0. The summed E-state index contributed by atoms with van der Waals surface area (Å²) < 4.78 is 30.7. The molecule has 0 aliphatic carbocycles. The minimum Gasteiger partial charge on any atom is -0.372 e. The van der Waals surface area contributed by atoms with E-state index < -0.39 is 15.1 Å². The third kappa shape index (κ3) is 4.02. The minimum atomic E-state index is -3.63. The summed E-state index contributed by atoms with van der Waals surface area (Å²) in [6, 6.07) is 4.30. The molecule has 8 heteroatoms. The van der Waals surface area contributed by atoms with Crippen LogP contribution in [0.1, 0.15) is 27.7 Å². The van der Waals surface area contributed by atoms with Crippen molar-refractivity contribution in [2.45, 2.75) is 50.0 Å². The number of amides is 2. The summed E-state index contributed by atoms with van der Waals surface area (Å²) in [7, 11) is -3.63. The summed E-state index contributed by atoms with van der Waals surface area (Å²) in [5.74, 6) is 0. The number of sulfone groups is 1. The van der Waals surface area contributed by atoms with Crippen molar-refractivity contribution in [1.29, 1.82) is 0 Å². The van der Waals surface area contributed by atoms with Gasteiger partial charge in [0, 0.05) is 13.1 Å². The average molecular weight is 375 g/mol. The topological polar surface area (TPSA) is 75.7 Å². The van der Waals surface area contributed by atoms with Gasteiger partial charge in [0.05, 0.1) is 28.2 Å². The Balaban J connectivity index is 2.30. The van der Waals surface area contributed by atoms with Gasteiger partial charge in [-0.25, -0.2) is 13.2 Å². The molecular formula is C16H23ClN2O4S. The minimum absolute atomic E-state index is 0.0376. The lowest BCUT2D eigenvalue weighted by Gasteiger charge is -2.35. The van der Waals surface area contributed by atoms with Crippen LogP contribution in [0.25, 0.3) is 0 Å². The van der Waals surface area contributed by atoms with Gasteiger partial charge in [-0.05, 0) is 39.8 Å². The molecular weight excluding hydrogens is 352 g/mol. The number of benzene rings is 1. The SMILES string of the molecule is CC(C)S(=O)(=O)c1c(Cl)cccc1NC(=O)N1C[C@H](C)O[C@@H](C)C1. The Hall–Kier alpha value is -1.31. The van der Waals surface area contributed by atoms with Crippen LogP contribution in [0.4, 0.5) is 10.5 Å². The second-order valence-corrected chi connectivity index (χ2v) is 9.15. The van der Waals surface area contributed by atoms with Crippen LogP contribution in [0, 0.1) is 0 Å². The van der Waals surface area contributed by atoms with Crippen LogP contribution >= 0.6 is 11.6 Å². The summed E-state index contributed by atoms with van der Waals surface area (Å²) in [5, 5.41) is 2.15. The van der Waals surface area contributed by atoms with Gasteiger partial charge in [0.15, 0.2) is 9.84 Å². The first-order valence-corrected chi connectivity index (χ1v) is 9.79. The summed E-state index contributed by atoms with van der Waals surface area (Å²) in [6.07, 6.45) is -0.143. The highest BCUT2D eigenvalue weighted by Crippen LogP contribution is 2.32. The number of anilines is 1. The number of rotatable bonds is 3. The number of carbonyl (C=O) groups excluding carboxylic acids is 1. The molecule has 1 N–H and O–H groups in total. The molecule has 1 saturated heterocycles. The monoisotopic (exact) mass is 374 g/mol. The van der Waals surface area contributed by atoms with E-state index in [0.717, 1.165) is 0 Å². The summed E-state index contributed by atoms with van der Waals surface area (Å²) in [4.78, 5) is 14.1. The largest absolute Gasteiger partial charge is 0.372 e. The van der Waals surface area contributed by atoms with Crippen LogP contribution in [0.3, 0.4) is 0 Å². The lowest BCUT2D eigenvalue weighted by atomic mass is 10.2. The molecule has 1 heterocycles. The quantitative estimate of drug-likeness (QED) is 0.881. The van der Waals surface area contributed by atoms with Gasteiger partial charge in [-0.1, -0.05) is 17.7 Å². The Labute approximate surface area is 148 Å². The molecule has 1 aliphatic heterocycles. The zero-order chi connectivity index (χ0) is 18.1. The number of ether oxygens (including phenoxy) is 1. The maximum Gasteiger partial charge on any atom is 0.322 e. The van der Waals surface area contributed by atoms with Crippen LogP contribution in [0.2, 0.25) is 5.02 Å². The number of morpholine rings is 1. The molecule has 1 aliphatic rings. The van der Waals surface area contributed by atoms with E-state index in [1.54, 1.807) is 30.9 Å². The van der Waals surface area contributed by atoms with E-state index in [4.69, 9.17) is 16.3 Å². The van der Waals surface area contributed by atoms with Crippen molar-refractivity contribution >= 4 is 33.2 Å². The van der Waals surface area contributed by atoms with E-state index in [1.807, 2.05) is 13.8 Å². The predicted octanol–water partition coefficient (Wildman–Crippen LogP) is 3.16. The van der Waals surface area contributed by atoms with Crippen LogP contribution < -0.4 is 5.32 Å². The van der Waals surface area contributed by atoms with E-state index in [-0.39, 0.29) is 33.8 Å². The average Bonchev–Trinajstić information content (AvgIpc) is 2.45. The number of nitrogens with one attached hydrogen (secondary N) is 1. The molecule has 0 saturated carbocycles. The van der Waals surface area contributed by atoms with Crippen LogP contribution in [0.5, 0.6) is 0 Å². The standard InChI is InChI=1S/C16H23ClN2O4S/c1-10(2)24(21,22)15-13(17)6-5-7-14(15)18-16(20)19-8-11(3)23-12(4)9-19/h5-7,10-12H,8-9H2,1-4H3,(H,18,20)/t11-,12-/m0/s1. The van der Waals surface area contributed by atoms with Crippen molar-refractivity contribution in [2.24, 2.45) is 0 Å². The number of hydrogen-bond donors (Lipinski definition) is 1. The number of urea groups is 1. The van der Waals surface area contributed by atoms with E-state index in [1.165, 1.54) is 6.07 Å². The fourth-order valence-electron chi connectivity index (χ4n) is 2.67. The fourth-order valence-corrected chi connectivity index (χ4v) is 4.40. The number of carbonyl (C=O) groups is 1. The second-order valence-electron chi connectivity index (χ2n) is 6.30. The smallest absolute Gasteiger partial charge is 0.322 e. The van der Waals surface area contributed by atoms with Gasteiger partial charge in [0.2, 0.25) is 0 Å². The molecule has 6 nitrogen and oxygen atoms in total. The van der Waals surface area contributed by atoms with Crippen LogP contribution in [-0.2, 0) is 14.6 Å². The molecule has 1 aromatic rings. The van der Waals surface area contributed by atoms with Crippen molar-refractivity contribution in [3.63, 3.8) is 0 Å². The Kier molecular flexibility index (Phi) is 5.78. The molecule has 2 rings (SSSR count). The maximum absolute atomic E-state index is 12.6. The van der Waals surface area contributed by atoms with Gasteiger partial charge in [-0.2, -0.15) is 0 Å². The van der Waals surface area contributed by atoms with Crippen molar-refractivity contribution in [3.8, 4) is 0 Å². The highest BCUT2D eigenvalue weighted by atomic mass is 35.5. The first-order chi connectivity index (χ1) is 11.1. The zero-order valence-corrected chi connectivity index (χ0v) is 15.8. The second kappa shape index (κ2) is 7.29. The van der Waals surface area contributed by atoms with E-state index in [0.29, 0.717) is 13.1 Å². The van der Waals surface area contributed by atoms with Gasteiger partial charge in [-0.15, -0.1) is 0 Å². The maximum atomic E-state index is 12.6. The van der Waals surface area contributed by atoms with Crippen LogP contribution in [0.15, 0.2) is 23.1 Å². The predicted molar refractivity (Wildman–Crippen MR) is 94.4 cm³/mol. The van der Waals surface area contributed by atoms with Gasteiger partial charge in [-0.3, -0.25) is 0 Å². The Morgan fingerprint density at radius 2 is 1.88 bits per heavy atom. The molecule has 2 atom stereocenters. The van der Waals surface area contributed by atoms with Gasteiger partial charge >= 0.3 is 6.03 Å². The van der Waals surface area contributed by atoms with Crippen molar-refractivity contribution < 1.29 is 17.9 Å². The highest BCUT2D eigenvalue weighted by molar-refractivity contribution is 7.92. The molecule has 24 heavy (non-hydrogen) atoms. The number of halogens is 1. The van der Waals surface area contributed by atoms with Crippen molar-refractivity contribution in [3.05, 3.63) is 23.2 Å². The van der Waals surface area contributed by atoms with Crippen molar-refractivity contribution in [1.82, 2.24) is 4.90 Å². The highest BCUT2D eigenvalue weighted by Gasteiger charge is 2.29. The third-order valence-electron chi connectivity index (χ3n) is 3.82. The molecule has 0 radical (unpaired) electrons. The number of hydrogen-bond acceptors (Lipinski definition) is 4. The van der Waals surface area contributed by atoms with E-state index in [9.17, 15) is 13.2 Å². The van der Waals surface area contributed by atoms with E-state index in [2.05, 4.69) is 5.32 Å². The molecule has 1 fully saturated rings. The van der Waals surface area contributed by atoms with Gasteiger partial charge in [0.25, 0.3) is 0 Å². The van der Waals surface area contributed by atoms with E-state index >= 15 is 0 Å². The molecule has 1 aromatic carbocycles. The number of nitrogens with zero attached hydrogens (tertiary/aromatic N) is 1. The lowest BCUT2D eigenvalue weighted by molar-refractivity contribution is -0.0530. The fraction of sp³-hybridized carbons (Fsp3) is 0.562. The summed E-state index contributed by atoms with van der Waals surface area (Å²) in [5.41, 5.74) is 0.202. The van der Waals surface area contributed by atoms with Gasteiger partial charge in [0.1, 0.15) is 4.90 Å². The first-order valence-electron chi connectivity index (χ1n) is 7.86. The normalized spacial score (nSPS) is 21.8. The molecule has 0 unspecified atom stereocenters. The zero-order valence-electron chi connectivity index (χ0n) is 14.2.